The van der Waals surface area contributed by atoms with Gasteiger partial charge < -0.3 is 35.8 Å². The summed E-state index contributed by atoms with van der Waals surface area (Å²) in [7, 11) is 0. The van der Waals surface area contributed by atoms with E-state index in [1.165, 1.54) is 77.0 Å². The quantitative estimate of drug-likeness (QED) is 0.0474. The van der Waals surface area contributed by atoms with Crippen molar-refractivity contribution in [1.29, 1.82) is 0 Å². The predicted octanol–water partition coefficient (Wildman–Crippen LogP) is 10.5. The third kappa shape index (κ3) is 16.5. The van der Waals surface area contributed by atoms with Gasteiger partial charge in [-0.2, -0.15) is 0 Å². The highest BCUT2D eigenvalue weighted by Gasteiger charge is 2.33. The summed E-state index contributed by atoms with van der Waals surface area (Å²) in [6.45, 7) is 7.54. The van der Waals surface area contributed by atoms with Gasteiger partial charge in [0.05, 0.1) is 30.2 Å². The van der Waals surface area contributed by atoms with Crippen LogP contribution in [0.5, 0.6) is 0 Å². The van der Waals surface area contributed by atoms with Crippen molar-refractivity contribution in [3.63, 3.8) is 0 Å². The van der Waals surface area contributed by atoms with E-state index < -0.39 is 6.29 Å². The second kappa shape index (κ2) is 25.4. The first-order valence-corrected chi connectivity index (χ1v) is 21.2. The molecular formula is C46H68N4O5. The highest BCUT2D eigenvalue weighted by atomic mass is 16.7. The standard InChI is InChI=1S/C46H68N4O5/c1-3-5-7-9-11-17-30-50(31-18-12-10-8-6-4-2)34-40-33-43(37-28-26-36(35-51)27-29-37)55-46(54-40)38-20-19-21-39(32-38)48-44(52)24-15-16-25-45(53)49-42-23-14-13-22-41(42)47/h13-14,19-23,26-29,32,40,43,46,51H,3-12,15-18,24-25,30-31,33-35,47H2,1-2H3,(H,48,52)(H,49,53)/t40-,43+,46+/m0/s1. The van der Waals surface area contributed by atoms with Crippen molar-refractivity contribution in [2.45, 2.75) is 148 Å². The molecular weight excluding hydrogens is 689 g/mol. The largest absolute Gasteiger partial charge is 0.397 e. The number of nitrogens with zero attached hydrogens (tertiary/aromatic N) is 1. The molecule has 1 aliphatic rings. The molecule has 0 radical (unpaired) electrons. The third-order valence-electron chi connectivity index (χ3n) is 10.5. The number of ether oxygens (including phenoxy) is 2. The summed E-state index contributed by atoms with van der Waals surface area (Å²) in [6, 6.07) is 23.0. The molecule has 0 spiro atoms. The Bertz CT molecular complexity index is 1520. The average Bonchev–Trinajstić information content (AvgIpc) is 3.20. The Kier molecular flexibility index (Phi) is 20.3. The molecule has 9 nitrogen and oxygen atoms in total. The van der Waals surface area contributed by atoms with Gasteiger partial charge in [-0.05, 0) is 74.2 Å². The number of carbonyl (C=O) groups excluding carboxylic acids is 2. The number of hydrogen-bond donors (Lipinski definition) is 4. The van der Waals surface area contributed by atoms with Gasteiger partial charge in [0.2, 0.25) is 11.8 Å². The maximum absolute atomic E-state index is 12.9. The number of rotatable bonds is 26. The van der Waals surface area contributed by atoms with Gasteiger partial charge in [0.15, 0.2) is 6.29 Å². The zero-order valence-electron chi connectivity index (χ0n) is 33.6. The first-order valence-electron chi connectivity index (χ1n) is 21.2. The Balaban J connectivity index is 1.37. The Morgan fingerprint density at radius 2 is 1.33 bits per heavy atom. The van der Waals surface area contributed by atoms with Crippen LogP contribution in [0.1, 0.15) is 152 Å². The summed E-state index contributed by atoms with van der Waals surface area (Å²) in [5.41, 5.74) is 10.5. The lowest BCUT2D eigenvalue weighted by atomic mass is 9.99. The predicted molar refractivity (Wildman–Crippen MR) is 225 cm³/mol. The summed E-state index contributed by atoms with van der Waals surface area (Å²) in [4.78, 5) is 28.0. The van der Waals surface area contributed by atoms with Crippen LogP contribution in [0.4, 0.5) is 17.1 Å². The first-order chi connectivity index (χ1) is 26.9. The van der Waals surface area contributed by atoms with Crippen LogP contribution >= 0.6 is 0 Å². The number of unbranched alkanes of at least 4 members (excludes halogenated alkanes) is 11. The summed E-state index contributed by atoms with van der Waals surface area (Å²) in [6.07, 6.45) is 17.1. The van der Waals surface area contributed by atoms with Crippen molar-refractivity contribution in [2.75, 3.05) is 36.0 Å². The van der Waals surface area contributed by atoms with E-state index in [4.69, 9.17) is 15.2 Å². The van der Waals surface area contributed by atoms with Gasteiger partial charge in [-0.25, -0.2) is 0 Å². The van der Waals surface area contributed by atoms with Crippen LogP contribution in [0.25, 0.3) is 0 Å². The maximum atomic E-state index is 12.9. The number of aliphatic hydroxyl groups is 1. The summed E-state index contributed by atoms with van der Waals surface area (Å²) in [5.74, 6) is -0.220. The Morgan fingerprint density at radius 1 is 0.709 bits per heavy atom. The number of hydrogen-bond acceptors (Lipinski definition) is 7. The number of para-hydroxylation sites is 2. The molecule has 0 bridgehead atoms. The minimum absolute atomic E-state index is 0.00364. The molecule has 1 aliphatic heterocycles. The molecule has 5 N–H and O–H groups in total. The van der Waals surface area contributed by atoms with Gasteiger partial charge in [-0.1, -0.05) is 127 Å². The molecule has 1 saturated heterocycles. The maximum Gasteiger partial charge on any atom is 0.224 e. The van der Waals surface area contributed by atoms with E-state index in [-0.39, 0.29) is 30.6 Å². The van der Waals surface area contributed by atoms with Gasteiger partial charge in [0.1, 0.15) is 0 Å². The minimum Gasteiger partial charge on any atom is -0.397 e. The van der Waals surface area contributed by atoms with Crippen LogP contribution in [-0.2, 0) is 25.7 Å². The van der Waals surface area contributed by atoms with Crippen molar-refractivity contribution in [2.24, 2.45) is 0 Å². The molecule has 4 rings (SSSR count). The fraction of sp³-hybridized carbons (Fsp3) is 0.565. The zero-order chi connectivity index (χ0) is 39.1. The molecule has 3 aromatic rings. The van der Waals surface area contributed by atoms with Gasteiger partial charge in [0.25, 0.3) is 0 Å². The van der Waals surface area contributed by atoms with Crippen molar-refractivity contribution >= 4 is 28.9 Å². The van der Waals surface area contributed by atoms with Gasteiger partial charge in [0, 0.05) is 37.1 Å². The van der Waals surface area contributed by atoms with Crippen LogP contribution in [0.2, 0.25) is 0 Å². The second-order valence-corrected chi connectivity index (χ2v) is 15.2. The van der Waals surface area contributed by atoms with E-state index in [1.807, 2.05) is 48.5 Å². The monoisotopic (exact) mass is 757 g/mol. The molecule has 3 aromatic carbocycles. The molecule has 0 saturated carbocycles. The molecule has 2 amide bonds. The number of nitrogens with two attached hydrogens (primary N) is 1. The molecule has 0 unspecified atom stereocenters. The number of benzene rings is 3. The Labute approximate surface area is 330 Å². The minimum atomic E-state index is -0.597. The number of aliphatic hydroxyl groups excluding tert-OH is 1. The van der Waals surface area contributed by atoms with Crippen molar-refractivity contribution in [1.82, 2.24) is 4.90 Å². The van der Waals surface area contributed by atoms with Crippen LogP contribution in [-0.4, -0.2) is 47.6 Å². The zero-order valence-corrected chi connectivity index (χ0v) is 33.6. The average molecular weight is 757 g/mol. The van der Waals surface area contributed by atoms with E-state index >= 15 is 0 Å². The summed E-state index contributed by atoms with van der Waals surface area (Å²) in [5, 5.41) is 15.5. The normalized spacial score (nSPS) is 17.0. The van der Waals surface area contributed by atoms with Crippen LogP contribution < -0.4 is 16.4 Å². The number of anilines is 3. The lowest BCUT2D eigenvalue weighted by molar-refractivity contribution is -0.253. The molecule has 302 valence electrons. The van der Waals surface area contributed by atoms with Crippen molar-refractivity contribution in [3.05, 3.63) is 89.5 Å². The molecule has 3 atom stereocenters. The van der Waals surface area contributed by atoms with E-state index in [9.17, 15) is 14.7 Å². The van der Waals surface area contributed by atoms with Crippen LogP contribution in [0.3, 0.4) is 0 Å². The second-order valence-electron chi connectivity index (χ2n) is 15.2. The molecule has 1 heterocycles. The third-order valence-corrected chi connectivity index (χ3v) is 10.5. The lowest BCUT2D eigenvalue weighted by Gasteiger charge is -2.38. The highest BCUT2D eigenvalue weighted by molar-refractivity contribution is 5.94. The first kappa shape index (κ1) is 44.0. The SMILES string of the molecule is CCCCCCCCN(CCCCCCCC)C[C@@H]1C[C@H](c2ccc(CO)cc2)O[C@H](c2cccc(NC(=O)CCCCC(=O)Nc3ccccc3N)c2)O1. The van der Waals surface area contributed by atoms with Crippen molar-refractivity contribution < 1.29 is 24.2 Å². The number of nitrogen functional groups attached to an aromatic ring is 1. The fourth-order valence-electron chi connectivity index (χ4n) is 7.23. The van der Waals surface area contributed by atoms with Gasteiger partial charge in [-0.15, -0.1) is 0 Å². The van der Waals surface area contributed by atoms with E-state index in [2.05, 4.69) is 41.5 Å². The van der Waals surface area contributed by atoms with Crippen LogP contribution in [0.15, 0.2) is 72.8 Å². The lowest BCUT2D eigenvalue weighted by Crippen LogP contribution is -2.40. The summed E-state index contributed by atoms with van der Waals surface area (Å²) >= 11 is 0. The summed E-state index contributed by atoms with van der Waals surface area (Å²) < 4.78 is 13.4. The molecule has 9 heteroatoms. The smallest absolute Gasteiger partial charge is 0.224 e. The topological polar surface area (TPSA) is 126 Å². The molecule has 55 heavy (non-hydrogen) atoms. The molecule has 0 aromatic heterocycles. The Hall–Kier alpha value is -3.76. The number of carbonyl (C=O) groups is 2. The van der Waals surface area contributed by atoms with E-state index in [0.717, 1.165) is 42.7 Å². The highest BCUT2D eigenvalue weighted by Crippen LogP contribution is 2.39. The van der Waals surface area contributed by atoms with E-state index in [0.29, 0.717) is 42.7 Å². The van der Waals surface area contributed by atoms with Gasteiger partial charge in [-0.3, -0.25) is 9.59 Å². The number of amides is 2. The fourth-order valence-corrected chi connectivity index (χ4v) is 7.23. The van der Waals surface area contributed by atoms with Crippen molar-refractivity contribution in [3.8, 4) is 0 Å². The number of nitrogens with one attached hydrogen (secondary N) is 2. The molecule has 1 fully saturated rings. The van der Waals surface area contributed by atoms with Gasteiger partial charge >= 0.3 is 0 Å². The molecule has 0 aliphatic carbocycles. The van der Waals surface area contributed by atoms with E-state index in [1.54, 1.807) is 12.1 Å². The Morgan fingerprint density at radius 3 is 1.96 bits per heavy atom. The van der Waals surface area contributed by atoms with Crippen LogP contribution in [0, 0.1) is 0 Å².